The van der Waals surface area contributed by atoms with Crippen molar-refractivity contribution in [1.29, 1.82) is 0 Å². The van der Waals surface area contributed by atoms with Crippen molar-refractivity contribution in [3.05, 3.63) is 39.4 Å². The highest BCUT2D eigenvalue weighted by Gasteiger charge is 2.20. The normalized spacial score (nSPS) is 12.0. The van der Waals surface area contributed by atoms with Crippen molar-refractivity contribution in [2.75, 3.05) is 0 Å². The summed E-state index contributed by atoms with van der Waals surface area (Å²) < 4.78 is 0. The molecule has 0 bridgehead atoms. The van der Waals surface area contributed by atoms with Gasteiger partial charge in [-0.1, -0.05) is 20.8 Å². The molecule has 0 fully saturated rings. The van der Waals surface area contributed by atoms with E-state index in [1.807, 2.05) is 20.8 Å². The lowest BCUT2D eigenvalue weighted by Crippen LogP contribution is -2.38. The molecular weight excluding hydrogens is 276 g/mol. The minimum atomic E-state index is -1.32. The lowest BCUT2D eigenvalue weighted by molar-refractivity contribution is -0.384. The number of rotatable bonds is 6. The van der Waals surface area contributed by atoms with Gasteiger partial charge in [0.15, 0.2) is 0 Å². The van der Waals surface area contributed by atoms with E-state index in [2.05, 4.69) is 5.32 Å². The number of carbonyl (C=O) groups is 2. The topological polar surface area (TPSA) is 110 Å². The number of hydrogen-bond acceptors (Lipinski definition) is 4. The number of nitrogens with one attached hydrogen (secondary N) is 1. The third-order valence-electron chi connectivity index (χ3n) is 3.20. The number of nitro benzene ring substituents is 1. The van der Waals surface area contributed by atoms with Gasteiger partial charge in [0.1, 0.15) is 0 Å². The molecule has 0 aliphatic carbocycles. The fraction of sp³-hybridized carbons (Fsp3) is 0.429. The van der Waals surface area contributed by atoms with Gasteiger partial charge >= 0.3 is 5.97 Å². The number of nitrogens with zero attached hydrogens (tertiary/aromatic N) is 1. The van der Waals surface area contributed by atoms with Gasteiger partial charge < -0.3 is 10.4 Å². The molecule has 0 aliphatic rings. The molecule has 0 heterocycles. The molecule has 2 N–H and O–H groups in total. The van der Waals surface area contributed by atoms with Gasteiger partial charge in [0, 0.05) is 23.7 Å². The van der Waals surface area contributed by atoms with Crippen LogP contribution in [0.25, 0.3) is 0 Å². The predicted octanol–water partition coefficient (Wildman–Crippen LogP) is 2.46. The van der Waals surface area contributed by atoms with Crippen molar-refractivity contribution in [3.8, 4) is 0 Å². The van der Waals surface area contributed by atoms with Crippen LogP contribution in [0.4, 0.5) is 5.69 Å². The van der Waals surface area contributed by atoms with Crippen LogP contribution in [0.1, 0.15) is 47.9 Å². The smallest absolute Gasteiger partial charge is 0.335 e. The van der Waals surface area contributed by atoms with Crippen molar-refractivity contribution in [3.63, 3.8) is 0 Å². The summed E-state index contributed by atoms with van der Waals surface area (Å²) in [4.78, 5) is 33.2. The van der Waals surface area contributed by atoms with Gasteiger partial charge in [-0.05, 0) is 18.4 Å². The maximum Gasteiger partial charge on any atom is 0.335 e. The zero-order chi connectivity index (χ0) is 16.2. The maximum atomic E-state index is 12.1. The van der Waals surface area contributed by atoms with Crippen LogP contribution in [0.3, 0.4) is 0 Å². The number of benzene rings is 1. The molecule has 1 unspecified atom stereocenters. The van der Waals surface area contributed by atoms with Crippen LogP contribution in [-0.4, -0.2) is 27.9 Å². The van der Waals surface area contributed by atoms with Gasteiger partial charge in [0.25, 0.3) is 11.6 Å². The molecule has 1 aromatic rings. The Balaban J connectivity index is 3.14. The molecule has 7 nitrogen and oxygen atoms in total. The first kappa shape index (κ1) is 16.6. The number of carbonyl (C=O) groups excluding carboxylic acids is 1. The second-order valence-electron chi connectivity index (χ2n) is 5.06. The lowest BCUT2D eigenvalue weighted by Gasteiger charge is -2.20. The Morgan fingerprint density at radius 1 is 1.29 bits per heavy atom. The maximum absolute atomic E-state index is 12.1. The quantitative estimate of drug-likeness (QED) is 0.618. The summed E-state index contributed by atoms with van der Waals surface area (Å²) in [7, 11) is 0. The predicted molar refractivity (Wildman–Crippen MR) is 76.4 cm³/mol. The first-order chi connectivity index (χ1) is 9.76. The van der Waals surface area contributed by atoms with E-state index in [1.54, 1.807) is 0 Å². The molecule has 7 heteroatoms. The highest BCUT2D eigenvalue weighted by molar-refractivity contribution is 5.98. The molecule has 0 spiro atoms. The Morgan fingerprint density at radius 3 is 2.29 bits per heavy atom. The highest BCUT2D eigenvalue weighted by Crippen LogP contribution is 2.18. The van der Waals surface area contributed by atoms with Crippen molar-refractivity contribution >= 4 is 17.6 Å². The molecule has 0 aromatic heterocycles. The van der Waals surface area contributed by atoms with Crippen molar-refractivity contribution in [2.24, 2.45) is 5.92 Å². The number of carboxylic acids is 1. The van der Waals surface area contributed by atoms with Crippen molar-refractivity contribution in [1.82, 2.24) is 5.32 Å². The number of amides is 1. The zero-order valence-corrected chi connectivity index (χ0v) is 12.1. The van der Waals surface area contributed by atoms with Gasteiger partial charge in [-0.15, -0.1) is 0 Å². The molecule has 0 saturated heterocycles. The summed E-state index contributed by atoms with van der Waals surface area (Å²) in [5, 5.41) is 22.5. The van der Waals surface area contributed by atoms with E-state index in [0.717, 1.165) is 18.2 Å². The SMILES string of the molecule is CCC(NC(=O)c1cc(C(=O)O)cc([N+](=O)[O-])c1)C(C)C. The lowest BCUT2D eigenvalue weighted by atomic mass is 10.0. The fourth-order valence-electron chi connectivity index (χ4n) is 1.96. The van der Waals surface area contributed by atoms with Crippen LogP contribution < -0.4 is 5.32 Å². The van der Waals surface area contributed by atoms with E-state index in [1.165, 1.54) is 0 Å². The van der Waals surface area contributed by atoms with Crippen LogP contribution in [0.15, 0.2) is 18.2 Å². The summed E-state index contributed by atoms with van der Waals surface area (Å²) >= 11 is 0. The van der Waals surface area contributed by atoms with Crippen molar-refractivity contribution < 1.29 is 19.6 Å². The largest absolute Gasteiger partial charge is 0.478 e. The van der Waals surface area contributed by atoms with Gasteiger partial charge in [0.05, 0.1) is 10.5 Å². The van der Waals surface area contributed by atoms with Crippen LogP contribution in [0.5, 0.6) is 0 Å². The average molecular weight is 294 g/mol. The van der Waals surface area contributed by atoms with E-state index in [0.29, 0.717) is 6.42 Å². The average Bonchev–Trinajstić information content (AvgIpc) is 2.43. The van der Waals surface area contributed by atoms with E-state index >= 15 is 0 Å². The monoisotopic (exact) mass is 294 g/mol. The van der Waals surface area contributed by atoms with E-state index in [9.17, 15) is 19.7 Å². The molecule has 114 valence electrons. The Hall–Kier alpha value is -2.44. The van der Waals surface area contributed by atoms with Gasteiger partial charge in [-0.2, -0.15) is 0 Å². The molecule has 1 aromatic carbocycles. The Bertz CT molecular complexity index is 536. The summed E-state index contributed by atoms with van der Waals surface area (Å²) in [5.41, 5.74) is -0.731. The molecular formula is C14H18N2O5. The fourth-order valence-corrected chi connectivity index (χ4v) is 1.96. The Morgan fingerprint density at radius 2 is 1.86 bits per heavy atom. The first-order valence-electron chi connectivity index (χ1n) is 6.59. The molecule has 0 radical (unpaired) electrons. The van der Waals surface area contributed by atoms with E-state index in [-0.39, 0.29) is 23.1 Å². The zero-order valence-electron chi connectivity index (χ0n) is 12.1. The Labute approximate surface area is 122 Å². The van der Waals surface area contributed by atoms with Crippen LogP contribution in [-0.2, 0) is 0 Å². The molecule has 1 rings (SSSR count). The summed E-state index contributed by atoms with van der Waals surface area (Å²) in [5.74, 6) is -1.62. The molecule has 1 amide bonds. The molecule has 0 aliphatic heterocycles. The number of hydrogen-bond donors (Lipinski definition) is 2. The van der Waals surface area contributed by atoms with Crippen molar-refractivity contribution in [2.45, 2.75) is 33.2 Å². The minimum absolute atomic E-state index is 0.0271. The van der Waals surface area contributed by atoms with Crippen LogP contribution in [0, 0.1) is 16.0 Å². The molecule has 21 heavy (non-hydrogen) atoms. The van der Waals surface area contributed by atoms with Crippen LogP contribution in [0.2, 0.25) is 0 Å². The van der Waals surface area contributed by atoms with E-state index in [4.69, 9.17) is 5.11 Å². The van der Waals surface area contributed by atoms with E-state index < -0.39 is 22.5 Å². The first-order valence-corrected chi connectivity index (χ1v) is 6.59. The minimum Gasteiger partial charge on any atom is -0.478 e. The molecule has 0 saturated carbocycles. The molecule has 1 atom stereocenters. The second kappa shape index (κ2) is 6.83. The number of non-ortho nitro benzene ring substituents is 1. The second-order valence-corrected chi connectivity index (χ2v) is 5.06. The van der Waals surface area contributed by atoms with Gasteiger partial charge in [-0.3, -0.25) is 14.9 Å². The summed E-state index contributed by atoms with van der Waals surface area (Å²) in [6.45, 7) is 5.82. The van der Waals surface area contributed by atoms with Gasteiger partial charge in [-0.25, -0.2) is 4.79 Å². The van der Waals surface area contributed by atoms with Crippen LogP contribution >= 0.6 is 0 Å². The van der Waals surface area contributed by atoms with Gasteiger partial charge in [0.2, 0.25) is 0 Å². The standard InChI is InChI=1S/C14H18N2O5/c1-4-12(8(2)3)15-13(17)9-5-10(14(18)19)7-11(6-9)16(20)21/h5-8,12H,4H2,1-3H3,(H,15,17)(H,18,19). The number of nitro groups is 1. The third-order valence-corrected chi connectivity index (χ3v) is 3.20. The summed E-state index contributed by atoms with van der Waals surface area (Å²) in [6, 6.07) is 3.07. The highest BCUT2D eigenvalue weighted by atomic mass is 16.6. The number of aromatic carboxylic acids is 1. The summed E-state index contributed by atoms with van der Waals surface area (Å²) in [6.07, 6.45) is 0.712. The number of carboxylic acid groups (broad SMARTS) is 1. The third kappa shape index (κ3) is 4.27. The Kier molecular flexibility index (Phi) is 5.40.